The number of hydrogen-bond donors (Lipinski definition) is 0. The molecule has 1 saturated carbocycles. The van der Waals surface area contributed by atoms with Gasteiger partial charge >= 0.3 is 6.09 Å². The molecular formula is C28H30ClN5O2S. The first-order valence-electron chi connectivity index (χ1n) is 12.8. The van der Waals surface area contributed by atoms with Crippen LogP contribution in [-0.2, 0) is 17.8 Å². The van der Waals surface area contributed by atoms with Gasteiger partial charge in [0.15, 0.2) is 5.82 Å². The molecule has 1 aliphatic carbocycles. The van der Waals surface area contributed by atoms with Gasteiger partial charge in [-0.3, -0.25) is 9.47 Å². The average molecular weight is 536 g/mol. The molecule has 0 atom stereocenters. The summed E-state index contributed by atoms with van der Waals surface area (Å²) in [7, 11) is 0. The Kier molecular flexibility index (Phi) is 6.19. The molecule has 1 aliphatic heterocycles. The van der Waals surface area contributed by atoms with Gasteiger partial charge in [0, 0.05) is 22.2 Å². The lowest BCUT2D eigenvalue weighted by Crippen LogP contribution is -2.35. The Morgan fingerprint density at radius 3 is 2.57 bits per heavy atom. The predicted molar refractivity (Wildman–Crippen MR) is 145 cm³/mol. The molecule has 0 bridgehead atoms. The Hall–Kier alpha value is -2.97. The fourth-order valence-corrected chi connectivity index (χ4v) is 6.62. The number of carbonyl (C=O) groups is 1. The Bertz CT molecular complexity index is 1470. The Labute approximate surface area is 225 Å². The lowest BCUT2D eigenvalue weighted by Gasteiger charge is -2.27. The van der Waals surface area contributed by atoms with Crippen molar-refractivity contribution in [2.45, 2.75) is 77.0 Å². The van der Waals surface area contributed by atoms with E-state index in [0.717, 1.165) is 48.6 Å². The molecule has 1 amide bonds. The second-order valence-corrected chi connectivity index (χ2v) is 12.3. The van der Waals surface area contributed by atoms with Gasteiger partial charge < -0.3 is 4.74 Å². The van der Waals surface area contributed by atoms with Crippen LogP contribution in [0.4, 0.5) is 4.79 Å². The highest BCUT2D eigenvalue weighted by Crippen LogP contribution is 2.43. The van der Waals surface area contributed by atoms with E-state index in [1.165, 1.54) is 15.8 Å². The molecule has 2 aromatic carbocycles. The summed E-state index contributed by atoms with van der Waals surface area (Å²) in [6.07, 6.45) is 3.81. The zero-order chi connectivity index (χ0) is 25.7. The highest BCUT2D eigenvalue weighted by atomic mass is 35.5. The number of rotatable bonds is 2. The van der Waals surface area contributed by atoms with Crippen LogP contribution in [0.5, 0.6) is 0 Å². The topological polar surface area (TPSA) is 73.1 Å². The van der Waals surface area contributed by atoms with E-state index >= 15 is 0 Å². The SMILES string of the molecule is CC(C)(C)OC(=O)N1Cc2cc(Cl)ccc2-n2c(nnc2[C@H]2CC[C@H](c3nsc4ccccc43)CC2)C1. The largest absolute Gasteiger partial charge is 0.444 e. The third kappa shape index (κ3) is 4.73. The number of aromatic nitrogens is 4. The van der Waals surface area contributed by atoms with E-state index in [-0.39, 0.29) is 6.09 Å². The molecule has 0 spiro atoms. The molecule has 3 heterocycles. The minimum atomic E-state index is -0.583. The fraction of sp³-hybridized carbons (Fsp3) is 0.429. The minimum absolute atomic E-state index is 0.291. The maximum Gasteiger partial charge on any atom is 0.411 e. The maximum absolute atomic E-state index is 13.0. The molecule has 0 unspecified atom stereocenters. The van der Waals surface area contributed by atoms with Gasteiger partial charge in [-0.2, -0.15) is 4.37 Å². The second kappa shape index (κ2) is 9.40. The van der Waals surface area contributed by atoms with E-state index in [9.17, 15) is 4.79 Å². The molecule has 0 radical (unpaired) electrons. The van der Waals surface area contributed by atoms with Gasteiger partial charge in [0.1, 0.15) is 11.4 Å². The van der Waals surface area contributed by atoms with Gasteiger partial charge in [0.25, 0.3) is 0 Å². The van der Waals surface area contributed by atoms with Crippen LogP contribution in [0.3, 0.4) is 0 Å². The van der Waals surface area contributed by atoms with Gasteiger partial charge in [-0.25, -0.2) is 4.79 Å². The minimum Gasteiger partial charge on any atom is -0.444 e. The van der Waals surface area contributed by atoms with E-state index in [2.05, 4.69) is 39.0 Å². The summed E-state index contributed by atoms with van der Waals surface area (Å²) in [5, 5.41) is 11.2. The summed E-state index contributed by atoms with van der Waals surface area (Å²) >= 11 is 7.98. The number of benzene rings is 2. The summed E-state index contributed by atoms with van der Waals surface area (Å²) in [5.74, 6) is 2.47. The van der Waals surface area contributed by atoms with Gasteiger partial charge in [-0.05, 0) is 87.8 Å². The molecule has 4 aromatic rings. The monoisotopic (exact) mass is 535 g/mol. The Morgan fingerprint density at radius 2 is 1.78 bits per heavy atom. The van der Waals surface area contributed by atoms with Crippen molar-refractivity contribution in [3.63, 3.8) is 0 Å². The van der Waals surface area contributed by atoms with Gasteiger partial charge in [-0.15, -0.1) is 10.2 Å². The first-order chi connectivity index (χ1) is 17.8. The van der Waals surface area contributed by atoms with Crippen LogP contribution in [0.2, 0.25) is 5.02 Å². The Balaban J connectivity index is 1.29. The third-order valence-corrected chi connectivity index (χ3v) is 8.34. The average Bonchev–Trinajstić information content (AvgIpc) is 3.43. The van der Waals surface area contributed by atoms with Crippen molar-refractivity contribution in [1.82, 2.24) is 24.0 Å². The Morgan fingerprint density at radius 1 is 1.03 bits per heavy atom. The van der Waals surface area contributed by atoms with Crippen molar-refractivity contribution in [3.05, 3.63) is 70.4 Å². The number of nitrogens with zero attached hydrogens (tertiary/aromatic N) is 5. The number of hydrogen-bond acceptors (Lipinski definition) is 6. The number of amides is 1. The maximum atomic E-state index is 13.0. The van der Waals surface area contributed by atoms with Crippen molar-refractivity contribution in [2.75, 3.05) is 0 Å². The van der Waals surface area contributed by atoms with Crippen molar-refractivity contribution < 1.29 is 9.53 Å². The second-order valence-electron chi connectivity index (χ2n) is 11.0. The first kappa shape index (κ1) is 24.4. The van der Waals surface area contributed by atoms with Crippen molar-refractivity contribution >= 4 is 39.3 Å². The van der Waals surface area contributed by atoms with Crippen LogP contribution in [0.15, 0.2) is 42.5 Å². The molecular weight excluding hydrogens is 506 g/mol. The quantitative estimate of drug-likeness (QED) is 0.271. The van der Waals surface area contributed by atoms with Crippen molar-refractivity contribution in [3.8, 4) is 5.69 Å². The smallest absolute Gasteiger partial charge is 0.411 e. The van der Waals surface area contributed by atoms with Crippen LogP contribution in [-0.4, -0.2) is 35.7 Å². The molecule has 7 nitrogen and oxygen atoms in total. The number of ether oxygens (including phenoxy) is 1. The number of halogens is 1. The number of carbonyl (C=O) groups excluding carboxylic acids is 1. The van der Waals surface area contributed by atoms with Gasteiger partial charge in [0.05, 0.1) is 29.2 Å². The zero-order valence-electron chi connectivity index (χ0n) is 21.3. The van der Waals surface area contributed by atoms with Crippen LogP contribution in [0.1, 0.15) is 81.2 Å². The highest BCUT2D eigenvalue weighted by molar-refractivity contribution is 7.13. The molecule has 0 saturated heterocycles. The lowest BCUT2D eigenvalue weighted by molar-refractivity contribution is 0.0214. The van der Waals surface area contributed by atoms with Gasteiger partial charge in [0.2, 0.25) is 0 Å². The predicted octanol–water partition coefficient (Wildman–Crippen LogP) is 7.22. The van der Waals surface area contributed by atoms with E-state index < -0.39 is 5.60 Å². The number of fused-ring (bicyclic) bond motifs is 4. The van der Waals surface area contributed by atoms with Crippen molar-refractivity contribution in [2.24, 2.45) is 0 Å². The van der Waals surface area contributed by atoms with Crippen LogP contribution in [0.25, 0.3) is 15.8 Å². The van der Waals surface area contributed by atoms with E-state index in [0.29, 0.717) is 29.9 Å². The molecule has 37 heavy (non-hydrogen) atoms. The first-order valence-corrected chi connectivity index (χ1v) is 14.0. The third-order valence-electron chi connectivity index (χ3n) is 7.27. The summed E-state index contributed by atoms with van der Waals surface area (Å²) in [6, 6.07) is 14.3. The van der Waals surface area contributed by atoms with Crippen LogP contribution in [0, 0.1) is 0 Å². The van der Waals surface area contributed by atoms with E-state index in [1.807, 2.05) is 39.0 Å². The zero-order valence-corrected chi connectivity index (χ0v) is 22.8. The normalized spacial score (nSPS) is 19.8. The molecule has 2 aromatic heterocycles. The van der Waals surface area contributed by atoms with Crippen LogP contribution >= 0.6 is 23.1 Å². The van der Waals surface area contributed by atoms with Crippen LogP contribution < -0.4 is 0 Å². The lowest BCUT2D eigenvalue weighted by atomic mass is 9.79. The molecule has 2 aliphatic rings. The highest BCUT2D eigenvalue weighted by Gasteiger charge is 2.34. The van der Waals surface area contributed by atoms with E-state index in [4.69, 9.17) is 20.7 Å². The summed E-state index contributed by atoms with van der Waals surface area (Å²) < 4.78 is 13.9. The summed E-state index contributed by atoms with van der Waals surface area (Å²) in [5.41, 5.74) is 2.60. The summed E-state index contributed by atoms with van der Waals surface area (Å²) in [6.45, 7) is 6.35. The van der Waals surface area contributed by atoms with E-state index in [1.54, 1.807) is 16.4 Å². The van der Waals surface area contributed by atoms with Gasteiger partial charge in [-0.1, -0.05) is 29.8 Å². The van der Waals surface area contributed by atoms with Crippen molar-refractivity contribution in [1.29, 1.82) is 0 Å². The molecule has 9 heteroatoms. The summed E-state index contributed by atoms with van der Waals surface area (Å²) in [4.78, 5) is 14.7. The molecule has 1 fully saturated rings. The standard InChI is InChI=1S/C28H30ClN5O2S/c1-28(2,3)36-27(35)33-15-19-14-20(29)12-13-22(19)34-24(16-33)30-31-26(34)18-10-8-17(9-11-18)25-21-6-4-5-7-23(21)37-32-25/h4-7,12-14,17-18H,8-11,15-16H2,1-3H3/t17-,18-. The molecule has 0 N–H and O–H groups in total. The fourth-order valence-electron chi connectivity index (χ4n) is 5.57. The molecule has 6 rings (SSSR count). The molecule has 192 valence electrons.